The SMILES string of the molecule is CCc1ccc(OC/C(=N\NC(N)=S)c2ccc(Br)cc2)cc1. The Morgan fingerprint density at radius 1 is 1.17 bits per heavy atom. The highest BCUT2D eigenvalue weighted by Crippen LogP contribution is 2.15. The van der Waals surface area contributed by atoms with Crippen molar-refractivity contribution in [2.75, 3.05) is 6.61 Å². The van der Waals surface area contributed by atoms with Gasteiger partial charge in [-0.2, -0.15) is 5.10 Å². The average Bonchev–Trinajstić information content (AvgIpc) is 2.56. The number of benzene rings is 2. The lowest BCUT2D eigenvalue weighted by Gasteiger charge is -2.10. The first-order valence-electron chi connectivity index (χ1n) is 7.18. The quantitative estimate of drug-likeness (QED) is 0.448. The summed E-state index contributed by atoms with van der Waals surface area (Å²) in [5.41, 5.74) is 11.0. The third-order valence-corrected chi connectivity index (χ3v) is 3.81. The highest BCUT2D eigenvalue weighted by Gasteiger charge is 2.06. The molecule has 120 valence electrons. The van der Waals surface area contributed by atoms with Gasteiger partial charge in [-0.05, 0) is 48.5 Å². The van der Waals surface area contributed by atoms with Gasteiger partial charge in [-0.15, -0.1) is 0 Å². The van der Waals surface area contributed by atoms with E-state index in [0.717, 1.165) is 22.2 Å². The summed E-state index contributed by atoms with van der Waals surface area (Å²) in [7, 11) is 0. The number of hydrazone groups is 1. The van der Waals surface area contributed by atoms with Crippen LogP contribution in [0.15, 0.2) is 58.1 Å². The van der Waals surface area contributed by atoms with E-state index in [1.165, 1.54) is 5.56 Å². The van der Waals surface area contributed by atoms with E-state index in [4.69, 9.17) is 22.7 Å². The van der Waals surface area contributed by atoms with Crippen LogP contribution >= 0.6 is 28.1 Å². The fourth-order valence-electron chi connectivity index (χ4n) is 1.92. The predicted molar refractivity (Wildman–Crippen MR) is 102 cm³/mol. The second-order valence-electron chi connectivity index (χ2n) is 4.83. The molecule has 23 heavy (non-hydrogen) atoms. The van der Waals surface area contributed by atoms with E-state index in [0.29, 0.717) is 12.3 Å². The Hall–Kier alpha value is -1.92. The minimum absolute atomic E-state index is 0.118. The number of rotatable bonds is 6. The summed E-state index contributed by atoms with van der Waals surface area (Å²) in [5.74, 6) is 0.794. The van der Waals surface area contributed by atoms with Crippen LogP contribution in [-0.4, -0.2) is 17.4 Å². The monoisotopic (exact) mass is 391 g/mol. The lowest BCUT2D eigenvalue weighted by atomic mass is 10.1. The lowest BCUT2D eigenvalue weighted by Crippen LogP contribution is -2.27. The molecule has 0 aliphatic carbocycles. The maximum absolute atomic E-state index is 5.82. The molecule has 0 spiro atoms. The molecule has 0 aromatic heterocycles. The molecule has 6 heteroatoms. The standard InChI is InChI=1S/C17H18BrN3OS/c1-2-12-3-9-15(10-4-12)22-11-16(20-21-17(19)23)13-5-7-14(18)8-6-13/h3-10H,2,11H2,1H3,(H3,19,21,23)/b20-16+. The van der Waals surface area contributed by atoms with E-state index in [-0.39, 0.29) is 5.11 Å². The van der Waals surface area contributed by atoms with Crippen LogP contribution in [0.3, 0.4) is 0 Å². The molecule has 0 aliphatic heterocycles. The lowest BCUT2D eigenvalue weighted by molar-refractivity contribution is 0.376. The molecule has 0 unspecified atom stereocenters. The zero-order valence-corrected chi connectivity index (χ0v) is 15.2. The first kappa shape index (κ1) is 17.4. The molecule has 0 aliphatic rings. The minimum Gasteiger partial charge on any atom is -0.487 e. The van der Waals surface area contributed by atoms with Crippen LogP contribution in [0.2, 0.25) is 0 Å². The Bertz CT molecular complexity index is 684. The van der Waals surface area contributed by atoms with Crippen molar-refractivity contribution < 1.29 is 4.74 Å². The average molecular weight is 392 g/mol. The number of nitrogens with zero attached hydrogens (tertiary/aromatic N) is 1. The molecule has 4 nitrogen and oxygen atoms in total. The molecule has 3 N–H and O–H groups in total. The van der Waals surface area contributed by atoms with Gasteiger partial charge in [-0.1, -0.05) is 47.1 Å². The largest absolute Gasteiger partial charge is 0.487 e. The molecule has 2 aromatic carbocycles. The fourth-order valence-corrected chi connectivity index (χ4v) is 2.23. The second-order valence-corrected chi connectivity index (χ2v) is 6.18. The molecule has 2 aromatic rings. The summed E-state index contributed by atoms with van der Waals surface area (Å²) in [5, 5.41) is 4.35. The predicted octanol–water partition coefficient (Wildman–Crippen LogP) is 3.63. The Kier molecular flexibility index (Phi) is 6.55. The van der Waals surface area contributed by atoms with E-state index in [1.807, 2.05) is 36.4 Å². The van der Waals surface area contributed by atoms with Gasteiger partial charge in [0.25, 0.3) is 0 Å². The molecule has 0 bridgehead atoms. The van der Waals surface area contributed by atoms with E-state index in [2.05, 4.69) is 45.5 Å². The van der Waals surface area contributed by atoms with Crippen molar-refractivity contribution in [3.63, 3.8) is 0 Å². The van der Waals surface area contributed by atoms with Gasteiger partial charge < -0.3 is 10.5 Å². The number of hydrogen-bond acceptors (Lipinski definition) is 3. The first-order valence-corrected chi connectivity index (χ1v) is 8.38. The molecule has 0 heterocycles. The molecule has 0 fully saturated rings. The van der Waals surface area contributed by atoms with Gasteiger partial charge in [0.15, 0.2) is 5.11 Å². The van der Waals surface area contributed by atoms with Gasteiger partial charge >= 0.3 is 0 Å². The van der Waals surface area contributed by atoms with Crippen molar-refractivity contribution in [2.24, 2.45) is 10.8 Å². The Morgan fingerprint density at radius 3 is 2.39 bits per heavy atom. The van der Waals surface area contributed by atoms with Gasteiger partial charge in [0.05, 0.1) is 0 Å². The fraction of sp³-hybridized carbons (Fsp3) is 0.176. The number of nitrogens with one attached hydrogen (secondary N) is 1. The van der Waals surface area contributed by atoms with Crippen LogP contribution in [0.4, 0.5) is 0 Å². The van der Waals surface area contributed by atoms with Gasteiger partial charge in [-0.3, -0.25) is 5.43 Å². The van der Waals surface area contributed by atoms with E-state index in [9.17, 15) is 0 Å². The number of aryl methyl sites for hydroxylation is 1. The summed E-state index contributed by atoms with van der Waals surface area (Å²) in [6, 6.07) is 15.8. The maximum Gasteiger partial charge on any atom is 0.184 e. The number of thiocarbonyl (C=S) groups is 1. The summed E-state index contributed by atoms with van der Waals surface area (Å²) in [6.07, 6.45) is 1.00. The maximum atomic E-state index is 5.82. The Morgan fingerprint density at radius 2 is 1.83 bits per heavy atom. The number of ether oxygens (including phenoxy) is 1. The molecule has 0 saturated heterocycles. The van der Waals surface area contributed by atoms with Crippen LogP contribution in [-0.2, 0) is 6.42 Å². The van der Waals surface area contributed by atoms with Crippen molar-refractivity contribution in [1.82, 2.24) is 5.43 Å². The van der Waals surface area contributed by atoms with Crippen LogP contribution in [0.5, 0.6) is 5.75 Å². The number of hydrogen-bond donors (Lipinski definition) is 2. The molecule has 2 rings (SSSR count). The zero-order valence-electron chi connectivity index (χ0n) is 12.8. The van der Waals surface area contributed by atoms with Crippen LogP contribution in [0.1, 0.15) is 18.1 Å². The Labute approximate surface area is 149 Å². The third-order valence-electron chi connectivity index (χ3n) is 3.19. The van der Waals surface area contributed by atoms with Gasteiger partial charge in [0.1, 0.15) is 18.1 Å². The van der Waals surface area contributed by atoms with Crippen molar-refractivity contribution in [1.29, 1.82) is 0 Å². The first-order chi connectivity index (χ1) is 11.1. The van der Waals surface area contributed by atoms with E-state index < -0.39 is 0 Å². The third kappa shape index (κ3) is 5.65. The number of halogens is 1. The summed E-state index contributed by atoms with van der Waals surface area (Å²) >= 11 is 8.22. The van der Waals surface area contributed by atoms with Crippen molar-refractivity contribution in [3.8, 4) is 5.75 Å². The summed E-state index contributed by atoms with van der Waals surface area (Å²) in [6.45, 7) is 2.43. The molecule has 0 atom stereocenters. The van der Waals surface area contributed by atoms with Crippen molar-refractivity contribution in [3.05, 3.63) is 64.1 Å². The van der Waals surface area contributed by atoms with Crippen molar-refractivity contribution >= 4 is 39.0 Å². The van der Waals surface area contributed by atoms with Crippen molar-refractivity contribution in [2.45, 2.75) is 13.3 Å². The Balaban J connectivity index is 2.12. The highest BCUT2D eigenvalue weighted by atomic mass is 79.9. The smallest absolute Gasteiger partial charge is 0.184 e. The normalized spacial score (nSPS) is 11.1. The number of nitrogens with two attached hydrogens (primary N) is 1. The topological polar surface area (TPSA) is 59.6 Å². The molecule has 0 amide bonds. The summed E-state index contributed by atoms with van der Waals surface area (Å²) < 4.78 is 6.82. The van der Waals surface area contributed by atoms with Crippen LogP contribution in [0, 0.1) is 0 Å². The van der Waals surface area contributed by atoms with E-state index >= 15 is 0 Å². The van der Waals surface area contributed by atoms with Crippen LogP contribution < -0.4 is 15.9 Å². The molecule has 0 radical (unpaired) electrons. The highest BCUT2D eigenvalue weighted by molar-refractivity contribution is 9.10. The van der Waals surface area contributed by atoms with E-state index in [1.54, 1.807) is 0 Å². The van der Waals surface area contributed by atoms with Gasteiger partial charge in [0, 0.05) is 10.0 Å². The zero-order chi connectivity index (χ0) is 16.7. The van der Waals surface area contributed by atoms with Gasteiger partial charge in [-0.25, -0.2) is 0 Å². The molecule has 0 saturated carbocycles. The molecular formula is C17H18BrN3OS. The van der Waals surface area contributed by atoms with Crippen LogP contribution in [0.25, 0.3) is 0 Å². The molecular weight excluding hydrogens is 374 g/mol. The minimum atomic E-state index is 0.118. The van der Waals surface area contributed by atoms with Gasteiger partial charge in [0.2, 0.25) is 0 Å². The second kappa shape index (κ2) is 8.64. The summed E-state index contributed by atoms with van der Waals surface area (Å²) in [4.78, 5) is 0.